The second-order valence-corrected chi connectivity index (χ2v) is 4.22. The maximum absolute atomic E-state index is 11.4. The van der Waals surface area contributed by atoms with Crippen molar-refractivity contribution in [2.75, 3.05) is 0 Å². The van der Waals surface area contributed by atoms with Crippen molar-refractivity contribution in [3.05, 3.63) is 48.0 Å². The van der Waals surface area contributed by atoms with Crippen molar-refractivity contribution >= 4 is 34.9 Å². The first-order valence-corrected chi connectivity index (χ1v) is 6.55. The van der Waals surface area contributed by atoms with E-state index >= 15 is 0 Å². The summed E-state index contributed by atoms with van der Waals surface area (Å²) in [5.74, 6) is -0.805. The zero-order chi connectivity index (χ0) is 13.4. The number of ether oxygens (including phenoxy) is 1. The molecule has 4 nitrogen and oxygen atoms in total. The summed E-state index contributed by atoms with van der Waals surface area (Å²) in [6.45, 7) is 3.79. The fraction of sp³-hybridized carbons (Fsp3) is 0.231. The number of carbonyl (C=O) groups excluding carboxylic acids is 2. The molecule has 3 radical (unpaired) electrons. The molecule has 0 bridgehead atoms. The van der Waals surface area contributed by atoms with Crippen LogP contribution in [0.5, 0.6) is 0 Å². The minimum atomic E-state index is -0.455. The van der Waals surface area contributed by atoms with Gasteiger partial charge in [0.25, 0.3) is 0 Å². The first-order chi connectivity index (χ1) is 8.63. The summed E-state index contributed by atoms with van der Waals surface area (Å²) >= 11 is 0.665. The molecule has 0 N–H and O–H groups in total. The normalized spacial score (nSPS) is 9.61. The van der Waals surface area contributed by atoms with Crippen LogP contribution in [-0.2, 0) is 24.0 Å². The summed E-state index contributed by atoms with van der Waals surface area (Å²) in [4.78, 5) is 22.5. The van der Waals surface area contributed by atoms with E-state index in [-0.39, 0.29) is 25.4 Å². The van der Waals surface area contributed by atoms with Gasteiger partial charge in [0.15, 0.2) is 0 Å². The van der Waals surface area contributed by atoms with Crippen LogP contribution in [-0.4, -0.2) is 34.9 Å². The average Bonchev–Trinajstić information content (AvgIpc) is 2.42. The van der Waals surface area contributed by atoms with Gasteiger partial charge in [-0.1, -0.05) is 0 Å². The Balaban J connectivity index is 2.26. The molecule has 0 heterocycles. The number of benzene rings is 1. The first kappa shape index (κ1) is 14.8. The summed E-state index contributed by atoms with van der Waals surface area (Å²) in [6, 6.07) is 9.41. The zero-order valence-electron chi connectivity index (χ0n) is 9.85. The van der Waals surface area contributed by atoms with Crippen LogP contribution in [0.25, 0.3) is 0 Å². The van der Waals surface area contributed by atoms with Gasteiger partial charge in [-0.25, -0.2) is 0 Å². The monoisotopic (exact) mass is 353 g/mol. The Morgan fingerprint density at radius 2 is 1.83 bits per heavy atom. The topological polar surface area (TPSA) is 52.6 Å². The van der Waals surface area contributed by atoms with Gasteiger partial charge in [0, 0.05) is 0 Å². The van der Waals surface area contributed by atoms with E-state index in [4.69, 9.17) is 4.74 Å². The minimum absolute atomic E-state index is 0.136. The predicted molar refractivity (Wildman–Crippen MR) is 66.5 cm³/mol. The summed E-state index contributed by atoms with van der Waals surface area (Å²) in [5, 5.41) is 0. The van der Waals surface area contributed by atoms with E-state index in [9.17, 15) is 9.59 Å². The fourth-order valence-electron chi connectivity index (χ4n) is 1.24. The molecule has 0 aliphatic heterocycles. The molecule has 0 aromatic heterocycles. The third-order valence-electron chi connectivity index (χ3n) is 2.25. The zero-order valence-corrected chi connectivity index (χ0v) is 12.7. The van der Waals surface area contributed by atoms with E-state index in [1.54, 1.807) is 0 Å². The van der Waals surface area contributed by atoms with Crippen molar-refractivity contribution in [1.82, 2.24) is 0 Å². The third kappa shape index (κ3) is 5.35. The molecule has 93 valence electrons. The molecule has 0 unspecified atom stereocenters. The maximum atomic E-state index is 11.4. The van der Waals surface area contributed by atoms with Crippen LogP contribution in [0, 0.1) is 0 Å². The van der Waals surface area contributed by atoms with E-state index in [0.29, 0.717) is 28.5 Å². The van der Waals surface area contributed by atoms with E-state index in [1.165, 1.54) is 0 Å². The Labute approximate surface area is 120 Å². The molecule has 0 saturated heterocycles. The van der Waals surface area contributed by atoms with E-state index in [2.05, 4.69) is 9.65 Å². The standard InChI is InChI=1S/C13H14O4.Sn/c1-10(13(15)16)7-8-12(14)17-9-11-5-3-2-4-6-11;/h2-6H,1,7-9H2,(H,15,16);/q;+1/p-1. The van der Waals surface area contributed by atoms with E-state index in [0.717, 1.165) is 5.56 Å². The van der Waals surface area contributed by atoms with Gasteiger partial charge in [-0.15, -0.1) is 0 Å². The van der Waals surface area contributed by atoms with Gasteiger partial charge in [0.1, 0.15) is 0 Å². The van der Waals surface area contributed by atoms with Crippen molar-refractivity contribution in [2.45, 2.75) is 19.4 Å². The number of rotatable bonds is 6. The molecule has 0 saturated carbocycles. The molecule has 0 amide bonds. The van der Waals surface area contributed by atoms with Crippen molar-refractivity contribution in [1.29, 1.82) is 0 Å². The van der Waals surface area contributed by atoms with Crippen molar-refractivity contribution in [3.63, 3.8) is 0 Å². The SMILES string of the molecule is C=C(CCC(=O)OCc1ccccc1)C(=O)[O][Sn]. The van der Waals surface area contributed by atoms with Crippen molar-refractivity contribution < 1.29 is 17.4 Å². The molecule has 1 aromatic rings. The average molecular weight is 352 g/mol. The molecule has 5 heteroatoms. The van der Waals surface area contributed by atoms with E-state index < -0.39 is 5.97 Å². The molecule has 0 aliphatic carbocycles. The van der Waals surface area contributed by atoms with Gasteiger partial charge < -0.3 is 0 Å². The quantitative estimate of drug-likeness (QED) is 0.444. The molecule has 0 fully saturated rings. The summed E-state index contributed by atoms with van der Waals surface area (Å²) in [5.41, 5.74) is 1.23. The van der Waals surface area contributed by atoms with Crippen LogP contribution in [0.4, 0.5) is 0 Å². The molecule has 0 spiro atoms. The van der Waals surface area contributed by atoms with Gasteiger partial charge in [-0.3, -0.25) is 0 Å². The summed E-state index contributed by atoms with van der Waals surface area (Å²) in [7, 11) is 0. The Bertz CT molecular complexity index is 428. The molecule has 1 rings (SSSR count). The number of hydrogen-bond acceptors (Lipinski definition) is 4. The Hall–Kier alpha value is -1.30. The van der Waals surface area contributed by atoms with Crippen LogP contribution in [0.1, 0.15) is 18.4 Å². The molecule has 0 atom stereocenters. The van der Waals surface area contributed by atoms with Crippen LogP contribution in [0.15, 0.2) is 42.5 Å². The van der Waals surface area contributed by atoms with Crippen LogP contribution in [0.2, 0.25) is 0 Å². The van der Waals surface area contributed by atoms with Crippen LogP contribution in [0.3, 0.4) is 0 Å². The first-order valence-electron chi connectivity index (χ1n) is 5.38. The van der Waals surface area contributed by atoms with Gasteiger partial charge in [-0.05, 0) is 0 Å². The fourth-order valence-corrected chi connectivity index (χ4v) is 1.65. The van der Waals surface area contributed by atoms with Gasteiger partial charge in [-0.2, -0.15) is 0 Å². The second kappa shape index (κ2) is 7.92. The number of hydrogen-bond donors (Lipinski definition) is 0. The second-order valence-electron chi connectivity index (χ2n) is 3.64. The van der Waals surface area contributed by atoms with Crippen molar-refractivity contribution in [2.24, 2.45) is 0 Å². The number of carbonyl (C=O) groups is 2. The molecular formula is C13H13O4Sn. The molecule has 18 heavy (non-hydrogen) atoms. The number of esters is 1. The Morgan fingerprint density at radius 1 is 1.17 bits per heavy atom. The van der Waals surface area contributed by atoms with E-state index in [1.807, 2.05) is 30.3 Å². The predicted octanol–water partition coefficient (Wildman–Crippen LogP) is 1.69. The molecule has 0 aliphatic rings. The van der Waals surface area contributed by atoms with Gasteiger partial charge in [0.2, 0.25) is 0 Å². The van der Waals surface area contributed by atoms with Crippen LogP contribution < -0.4 is 0 Å². The van der Waals surface area contributed by atoms with Gasteiger partial charge in [0.05, 0.1) is 0 Å². The van der Waals surface area contributed by atoms with Gasteiger partial charge >= 0.3 is 120 Å². The van der Waals surface area contributed by atoms with Crippen LogP contribution >= 0.6 is 0 Å². The third-order valence-corrected chi connectivity index (χ3v) is 2.78. The summed E-state index contributed by atoms with van der Waals surface area (Å²) in [6.07, 6.45) is 0.400. The summed E-state index contributed by atoms with van der Waals surface area (Å²) < 4.78 is 9.64. The Morgan fingerprint density at radius 3 is 2.44 bits per heavy atom. The Kier molecular flexibility index (Phi) is 6.49. The molecular weight excluding hydrogens is 339 g/mol. The molecule has 1 aromatic carbocycles. The van der Waals surface area contributed by atoms with Crippen molar-refractivity contribution in [3.8, 4) is 0 Å².